The predicted octanol–water partition coefficient (Wildman–Crippen LogP) is 1.78. The molecule has 0 bridgehead atoms. The zero-order valence-electron chi connectivity index (χ0n) is 15.9. The molecule has 0 spiro atoms. The highest BCUT2D eigenvalue weighted by Gasteiger charge is 2.47. The maximum atomic E-state index is 12.7. The molecule has 8 heteroatoms. The molecule has 1 saturated heterocycles. The minimum absolute atomic E-state index is 0.00202. The quantitative estimate of drug-likeness (QED) is 0.761. The van der Waals surface area contributed by atoms with Crippen LogP contribution in [0.25, 0.3) is 0 Å². The van der Waals surface area contributed by atoms with E-state index in [2.05, 4.69) is 5.32 Å². The SMILES string of the molecule is CCC(C)NC(=O)C1CCC(=O)N1C1OC(=O)c2c1ccc(OC)c2OC. The van der Waals surface area contributed by atoms with E-state index >= 15 is 0 Å². The van der Waals surface area contributed by atoms with Crippen LogP contribution < -0.4 is 14.8 Å². The lowest BCUT2D eigenvalue weighted by Gasteiger charge is -2.30. The molecule has 1 aromatic rings. The van der Waals surface area contributed by atoms with Crippen molar-refractivity contribution in [2.24, 2.45) is 0 Å². The molecule has 8 nitrogen and oxygen atoms in total. The van der Waals surface area contributed by atoms with Crippen LogP contribution >= 0.6 is 0 Å². The minimum atomic E-state index is -0.949. The molecule has 2 aliphatic heterocycles. The van der Waals surface area contributed by atoms with Gasteiger partial charge in [-0.2, -0.15) is 0 Å². The molecule has 1 N–H and O–H groups in total. The normalized spacial score (nSPS) is 22.3. The zero-order valence-corrected chi connectivity index (χ0v) is 15.9. The number of hydrogen-bond donors (Lipinski definition) is 1. The molecule has 146 valence electrons. The number of nitrogens with one attached hydrogen (secondary N) is 1. The molecule has 2 amide bonds. The lowest BCUT2D eigenvalue weighted by molar-refractivity contribution is -0.146. The van der Waals surface area contributed by atoms with Gasteiger partial charge in [-0.25, -0.2) is 4.79 Å². The van der Waals surface area contributed by atoms with Gasteiger partial charge in [0.2, 0.25) is 18.0 Å². The van der Waals surface area contributed by atoms with Gasteiger partial charge in [-0.15, -0.1) is 0 Å². The van der Waals surface area contributed by atoms with E-state index in [0.29, 0.717) is 17.7 Å². The molecule has 0 aromatic heterocycles. The summed E-state index contributed by atoms with van der Waals surface area (Å²) in [4.78, 5) is 39.0. The van der Waals surface area contributed by atoms with Gasteiger partial charge in [-0.1, -0.05) is 6.92 Å². The average Bonchev–Trinajstić information content (AvgIpc) is 3.20. The Morgan fingerprint density at radius 1 is 1.33 bits per heavy atom. The fraction of sp³-hybridized carbons (Fsp3) is 0.526. The Bertz CT molecular complexity index is 778. The van der Waals surface area contributed by atoms with E-state index in [-0.39, 0.29) is 35.6 Å². The van der Waals surface area contributed by atoms with Crippen LogP contribution in [0.1, 0.15) is 55.3 Å². The third-order valence-electron chi connectivity index (χ3n) is 5.08. The monoisotopic (exact) mass is 376 g/mol. The molecule has 1 aromatic carbocycles. The van der Waals surface area contributed by atoms with Crippen LogP contribution in [0.5, 0.6) is 11.5 Å². The van der Waals surface area contributed by atoms with Gasteiger partial charge in [-0.05, 0) is 31.9 Å². The summed E-state index contributed by atoms with van der Waals surface area (Å²) in [6.45, 7) is 3.87. The first-order valence-corrected chi connectivity index (χ1v) is 9.00. The van der Waals surface area contributed by atoms with E-state index in [4.69, 9.17) is 14.2 Å². The van der Waals surface area contributed by atoms with Crippen LogP contribution in [-0.2, 0) is 14.3 Å². The van der Waals surface area contributed by atoms with Crippen molar-refractivity contribution in [2.75, 3.05) is 14.2 Å². The van der Waals surface area contributed by atoms with E-state index < -0.39 is 18.2 Å². The number of likely N-dealkylation sites (tertiary alicyclic amines) is 1. The maximum Gasteiger partial charge on any atom is 0.344 e. The highest BCUT2D eigenvalue weighted by Crippen LogP contribution is 2.45. The molecule has 3 rings (SSSR count). The van der Waals surface area contributed by atoms with Crippen LogP contribution in [0.15, 0.2) is 12.1 Å². The Morgan fingerprint density at radius 3 is 2.70 bits per heavy atom. The summed E-state index contributed by atoms with van der Waals surface area (Å²) in [5.41, 5.74) is 0.719. The topological polar surface area (TPSA) is 94.2 Å². The molecule has 0 radical (unpaired) electrons. The van der Waals surface area contributed by atoms with Gasteiger partial charge >= 0.3 is 5.97 Å². The summed E-state index contributed by atoms with van der Waals surface area (Å²) in [5, 5.41) is 2.90. The highest BCUT2D eigenvalue weighted by atomic mass is 16.6. The van der Waals surface area contributed by atoms with Crippen molar-refractivity contribution < 1.29 is 28.6 Å². The maximum absolute atomic E-state index is 12.7. The highest BCUT2D eigenvalue weighted by molar-refractivity contribution is 5.99. The number of carbonyl (C=O) groups excluding carboxylic acids is 3. The van der Waals surface area contributed by atoms with Crippen LogP contribution in [-0.4, -0.2) is 49.0 Å². The number of benzene rings is 1. The van der Waals surface area contributed by atoms with Crippen LogP contribution in [0.3, 0.4) is 0 Å². The first-order valence-electron chi connectivity index (χ1n) is 9.00. The summed E-state index contributed by atoms with van der Waals surface area (Å²) in [6, 6.07) is 2.64. The predicted molar refractivity (Wildman–Crippen MR) is 95.5 cm³/mol. The number of cyclic esters (lactones) is 1. The number of carbonyl (C=O) groups is 3. The van der Waals surface area contributed by atoms with Gasteiger partial charge in [-0.3, -0.25) is 14.5 Å². The van der Waals surface area contributed by atoms with E-state index in [1.54, 1.807) is 12.1 Å². The molecule has 3 atom stereocenters. The lowest BCUT2D eigenvalue weighted by Crippen LogP contribution is -2.48. The van der Waals surface area contributed by atoms with Crippen LogP contribution in [0.4, 0.5) is 0 Å². The lowest BCUT2D eigenvalue weighted by atomic mass is 10.0. The third-order valence-corrected chi connectivity index (χ3v) is 5.08. The molecule has 1 fully saturated rings. The van der Waals surface area contributed by atoms with Crippen molar-refractivity contribution in [3.63, 3.8) is 0 Å². The molecule has 2 heterocycles. The molecule has 0 aliphatic carbocycles. The number of hydrogen-bond acceptors (Lipinski definition) is 6. The number of methoxy groups -OCH3 is 2. The van der Waals surface area contributed by atoms with Crippen molar-refractivity contribution in [1.82, 2.24) is 10.2 Å². The standard InChI is InChI=1S/C19H24N2O6/c1-5-10(2)20-17(23)12-7-9-14(22)21(12)18-11-6-8-13(25-3)16(26-4)15(11)19(24)27-18/h6,8,10,12,18H,5,7,9H2,1-4H3,(H,20,23). The van der Waals surface area contributed by atoms with Crippen molar-refractivity contribution in [3.05, 3.63) is 23.3 Å². The summed E-state index contributed by atoms with van der Waals surface area (Å²) in [7, 11) is 2.91. The minimum Gasteiger partial charge on any atom is -0.493 e. The Kier molecular flexibility index (Phi) is 5.25. The molecule has 2 aliphatic rings. The van der Waals surface area contributed by atoms with Gasteiger partial charge in [0, 0.05) is 18.0 Å². The summed E-state index contributed by atoms with van der Waals surface area (Å²) in [6.07, 6.45) is 0.451. The van der Waals surface area contributed by atoms with Crippen LogP contribution in [0, 0.1) is 0 Å². The zero-order chi connectivity index (χ0) is 19.7. The largest absolute Gasteiger partial charge is 0.493 e. The Hall–Kier alpha value is -2.77. The molecule has 0 saturated carbocycles. The van der Waals surface area contributed by atoms with Gasteiger partial charge in [0.1, 0.15) is 11.6 Å². The van der Waals surface area contributed by atoms with Crippen LogP contribution in [0.2, 0.25) is 0 Å². The fourth-order valence-corrected chi connectivity index (χ4v) is 3.48. The number of fused-ring (bicyclic) bond motifs is 1. The first-order chi connectivity index (χ1) is 12.9. The second kappa shape index (κ2) is 7.46. The average molecular weight is 376 g/mol. The molecule has 27 heavy (non-hydrogen) atoms. The number of rotatable bonds is 6. The van der Waals surface area contributed by atoms with Gasteiger partial charge in [0.15, 0.2) is 11.5 Å². The van der Waals surface area contributed by atoms with Gasteiger partial charge in [0.25, 0.3) is 0 Å². The van der Waals surface area contributed by atoms with Crippen molar-refractivity contribution in [1.29, 1.82) is 0 Å². The Labute approximate surface area is 157 Å². The third kappa shape index (κ3) is 3.20. The number of ether oxygens (including phenoxy) is 3. The summed E-state index contributed by atoms with van der Waals surface area (Å²) >= 11 is 0. The Morgan fingerprint density at radius 2 is 2.07 bits per heavy atom. The Balaban J connectivity index is 1.96. The molecular formula is C19H24N2O6. The number of amides is 2. The second-order valence-electron chi connectivity index (χ2n) is 6.70. The van der Waals surface area contributed by atoms with E-state index in [1.807, 2.05) is 13.8 Å². The van der Waals surface area contributed by atoms with Crippen molar-refractivity contribution >= 4 is 17.8 Å². The number of nitrogens with zero attached hydrogens (tertiary/aromatic N) is 1. The first kappa shape index (κ1) is 19.0. The molecular weight excluding hydrogens is 352 g/mol. The van der Waals surface area contributed by atoms with Crippen molar-refractivity contribution in [2.45, 2.75) is 51.4 Å². The molecule has 3 unspecified atom stereocenters. The number of esters is 1. The van der Waals surface area contributed by atoms with E-state index in [0.717, 1.165) is 6.42 Å². The van der Waals surface area contributed by atoms with E-state index in [1.165, 1.54) is 19.1 Å². The second-order valence-corrected chi connectivity index (χ2v) is 6.70. The van der Waals surface area contributed by atoms with E-state index in [9.17, 15) is 14.4 Å². The van der Waals surface area contributed by atoms with Gasteiger partial charge in [0.05, 0.1) is 14.2 Å². The summed E-state index contributed by atoms with van der Waals surface area (Å²) in [5.74, 6) is -0.408. The van der Waals surface area contributed by atoms with Gasteiger partial charge < -0.3 is 19.5 Å². The smallest absolute Gasteiger partial charge is 0.344 e. The summed E-state index contributed by atoms with van der Waals surface area (Å²) < 4.78 is 16.0. The fourth-order valence-electron chi connectivity index (χ4n) is 3.48. The van der Waals surface area contributed by atoms with Crippen molar-refractivity contribution in [3.8, 4) is 11.5 Å².